The van der Waals surface area contributed by atoms with Crippen molar-refractivity contribution in [1.29, 1.82) is 0 Å². The number of rotatable bonds is 5. The Kier molecular flexibility index (Phi) is 4.69. The van der Waals surface area contributed by atoms with E-state index in [4.69, 9.17) is 5.73 Å². The van der Waals surface area contributed by atoms with E-state index in [9.17, 15) is 4.79 Å². The molecule has 22 heavy (non-hydrogen) atoms. The minimum Gasteiger partial charge on any atom is -0.368 e. The fraction of sp³-hybridized carbons (Fsp3) is 0.500. The number of nitrogens with zero attached hydrogens (tertiary/aromatic N) is 4. The van der Waals surface area contributed by atoms with Crippen molar-refractivity contribution in [2.24, 2.45) is 5.92 Å². The zero-order valence-corrected chi connectivity index (χ0v) is 13.2. The van der Waals surface area contributed by atoms with E-state index in [1.807, 2.05) is 0 Å². The predicted octanol–water partition coefficient (Wildman–Crippen LogP) is 1.17. The lowest BCUT2D eigenvalue weighted by Gasteiger charge is -2.11. The van der Waals surface area contributed by atoms with Gasteiger partial charge in [-0.25, -0.2) is 15.0 Å². The maximum absolute atomic E-state index is 12.3. The summed E-state index contributed by atoms with van der Waals surface area (Å²) in [6.07, 6.45) is 0.739. The van der Waals surface area contributed by atoms with E-state index < -0.39 is 0 Å². The molecule has 4 N–H and O–H groups in total. The summed E-state index contributed by atoms with van der Waals surface area (Å²) in [5.41, 5.74) is 6.70. The summed E-state index contributed by atoms with van der Waals surface area (Å²) in [7, 11) is 0. The molecule has 0 spiro atoms. The Labute approximate surface area is 129 Å². The van der Waals surface area contributed by atoms with Crippen LogP contribution in [0.5, 0.6) is 0 Å². The van der Waals surface area contributed by atoms with Crippen LogP contribution >= 0.6 is 0 Å². The van der Waals surface area contributed by atoms with Gasteiger partial charge in [-0.3, -0.25) is 9.89 Å². The van der Waals surface area contributed by atoms with Gasteiger partial charge < -0.3 is 11.1 Å². The third-order valence-corrected chi connectivity index (χ3v) is 3.00. The first kappa shape index (κ1) is 15.9. The molecule has 0 unspecified atom stereocenters. The van der Waals surface area contributed by atoms with Crippen LogP contribution in [0, 0.1) is 12.8 Å². The van der Waals surface area contributed by atoms with Crippen LogP contribution in [0.1, 0.15) is 54.6 Å². The normalized spacial score (nSPS) is 12.4. The third kappa shape index (κ3) is 4.00. The Morgan fingerprint density at radius 1 is 1.32 bits per heavy atom. The largest absolute Gasteiger partial charge is 0.368 e. The number of carbonyl (C=O) groups is 1. The number of aryl methyl sites for hydroxylation is 1. The molecular weight excluding hydrogens is 282 g/mol. The topological polar surface area (TPSA) is 122 Å². The van der Waals surface area contributed by atoms with Crippen molar-refractivity contribution in [3.05, 3.63) is 29.1 Å². The highest BCUT2D eigenvalue weighted by atomic mass is 16.1. The Hall–Kier alpha value is -2.51. The van der Waals surface area contributed by atoms with E-state index in [1.165, 1.54) is 0 Å². The van der Waals surface area contributed by atoms with Crippen LogP contribution in [-0.4, -0.2) is 31.1 Å². The number of hydrogen-bond acceptors (Lipinski definition) is 6. The number of nitrogens with one attached hydrogen (secondary N) is 2. The fourth-order valence-electron chi connectivity index (χ4n) is 2.05. The maximum Gasteiger partial charge on any atom is 0.270 e. The first-order valence-electron chi connectivity index (χ1n) is 7.18. The summed E-state index contributed by atoms with van der Waals surface area (Å²) in [5.74, 6) is 1.41. The second-order valence-electron chi connectivity index (χ2n) is 5.67. The molecule has 1 atom stereocenters. The van der Waals surface area contributed by atoms with E-state index in [2.05, 4.69) is 44.3 Å². The van der Waals surface area contributed by atoms with E-state index in [0.29, 0.717) is 17.6 Å². The van der Waals surface area contributed by atoms with E-state index in [0.717, 1.165) is 12.1 Å². The molecular formula is C14H21N7O. The molecule has 2 aromatic heterocycles. The van der Waals surface area contributed by atoms with Gasteiger partial charge in [0.2, 0.25) is 5.95 Å². The third-order valence-electron chi connectivity index (χ3n) is 3.00. The number of amides is 1. The van der Waals surface area contributed by atoms with Gasteiger partial charge in [-0.05, 0) is 32.3 Å². The minimum absolute atomic E-state index is 0.102. The molecule has 0 aromatic carbocycles. The summed E-state index contributed by atoms with van der Waals surface area (Å²) >= 11 is 0. The first-order chi connectivity index (χ1) is 10.3. The highest BCUT2D eigenvalue weighted by Gasteiger charge is 2.17. The van der Waals surface area contributed by atoms with Crippen molar-refractivity contribution >= 4 is 11.9 Å². The van der Waals surface area contributed by atoms with E-state index in [-0.39, 0.29) is 23.6 Å². The standard InChI is InChI=1S/C14H21N7O/c1-7(2)5-10-6-11(19-14(15)18-10)13(22)16-8(3)12-17-9(4)20-21-12/h6-8H,5H2,1-4H3,(H,16,22)(H2,15,18,19)(H,17,20,21)/t8-/m1/s1. The maximum atomic E-state index is 12.3. The number of anilines is 1. The van der Waals surface area contributed by atoms with Crippen LogP contribution in [-0.2, 0) is 6.42 Å². The van der Waals surface area contributed by atoms with Gasteiger partial charge in [0, 0.05) is 5.69 Å². The Bertz CT molecular complexity index is 665. The average molecular weight is 303 g/mol. The van der Waals surface area contributed by atoms with E-state index >= 15 is 0 Å². The smallest absolute Gasteiger partial charge is 0.270 e. The Morgan fingerprint density at radius 3 is 2.64 bits per heavy atom. The SMILES string of the molecule is Cc1nc([C@@H](C)NC(=O)c2cc(CC(C)C)nc(N)n2)n[nH]1. The molecule has 0 aliphatic rings. The molecule has 8 nitrogen and oxygen atoms in total. The summed E-state index contributed by atoms with van der Waals surface area (Å²) in [5, 5.41) is 9.58. The molecule has 0 bridgehead atoms. The van der Waals surface area contributed by atoms with Gasteiger partial charge in [-0.1, -0.05) is 13.8 Å². The van der Waals surface area contributed by atoms with Crippen molar-refractivity contribution < 1.29 is 4.79 Å². The van der Waals surface area contributed by atoms with Crippen LogP contribution < -0.4 is 11.1 Å². The number of aromatic nitrogens is 5. The molecule has 0 saturated heterocycles. The molecule has 0 aliphatic carbocycles. The van der Waals surface area contributed by atoms with Crippen molar-refractivity contribution in [2.75, 3.05) is 5.73 Å². The van der Waals surface area contributed by atoms with Crippen molar-refractivity contribution in [1.82, 2.24) is 30.5 Å². The van der Waals surface area contributed by atoms with E-state index in [1.54, 1.807) is 19.9 Å². The Balaban J connectivity index is 2.13. The lowest BCUT2D eigenvalue weighted by Crippen LogP contribution is -2.28. The number of H-pyrrole nitrogens is 1. The first-order valence-corrected chi connectivity index (χ1v) is 7.18. The summed E-state index contributed by atoms with van der Waals surface area (Å²) in [6.45, 7) is 7.76. The van der Waals surface area contributed by atoms with Gasteiger partial charge in [0.05, 0.1) is 6.04 Å². The second kappa shape index (κ2) is 6.50. The molecule has 118 valence electrons. The van der Waals surface area contributed by atoms with Gasteiger partial charge in [0.1, 0.15) is 11.5 Å². The molecule has 8 heteroatoms. The summed E-state index contributed by atoms with van der Waals surface area (Å²) < 4.78 is 0. The highest BCUT2D eigenvalue weighted by Crippen LogP contribution is 2.11. The van der Waals surface area contributed by atoms with Crippen LogP contribution in [0.2, 0.25) is 0 Å². The number of hydrogen-bond donors (Lipinski definition) is 3. The fourth-order valence-corrected chi connectivity index (χ4v) is 2.05. The zero-order chi connectivity index (χ0) is 16.3. The van der Waals surface area contributed by atoms with Crippen LogP contribution in [0.15, 0.2) is 6.07 Å². The predicted molar refractivity (Wildman–Crippen MR) is 82.0 cm³/mol. The molecule has 2 heterocycles. The van der Waals surface area contributed by atoms with Gasteiger partial charge in [-0.15, -0.1) is 0 Å². The summed E-state index contributed by atoms with van der Waals surface area (Å²) in [4.78, 5) is 24.6. The molecule has 1 amide bonds. The van der Waals surface area contributed by atoms with Crippen molar-refractivity contribution in [2.45, 2.75) is 40.2 Å². The van der Waals surface area contributed by atoms with Crippen LogP contribution in [0.3, 0.4) is 0 Å². The molecule has 2 aromatic rings. The molecule has 0 aliphatic heterocycles. The highest BCUT2D eigenvalue weighted by molar-refractivity contribution is 5.92. The van der Waals surface area contributed by atoms with Crippen molar-refractivity contribution in [3.63, 3.8) is 0 Å². The van der Waals surface area contributed by atoms with Crippen LogP contribution in [0.25, 0.3) is 0 Å². The molecule has 0 saturated carbocycles. The molecule has 0 fully saturated rings. The van der Waals surface area contributed by atoms with Gasteiger partial charge in [0.25, 0.3) is 5.91 Å². The monoisotopic (exact) mass is 303 g/mol. The molecule has 0 radical (unpaired) electrons. The van der Waals surface area contributed by atoms with Gasteiger partial charge in [-0.2, -0.15) is 5.10 Å². The Morgan fingerprint density at radius 2 is 2.05 bits per heavy atom. The quantitative estimate of drug-likeness (QED) is 0.762. The van der Waals surface area contributed by atoms with Gasteiger partial charge >= 0.3 is 0 Å². The summed E-state index contributed by atoms with van der Waals surface area (Å²) in [6, 6.07) is 1.34. The number of nitrogens with two attached hydrogens (primary N) is 1. The second-order valence-corrected chi connectivity index (χ2v) is 5.67. The lowest BCUT2D eigenvalue weighted by atomic mass is 10.1. The lowest BCUT2D eigenvalue weighted by molar-refractivity contribution is 0.0933. The molecule has 2 rings (SSSR count). The number of carbonyl (C=O) groups excluding carboxylic acids is 1. The average Bonchev–Trinajstić information content (AvgIpc) is 2.84. The van der Waals surface area contributed by atoms with Crippen LogP contribution in [0.4, 0.5) is 5.95 Å². The van der Waals surface area contributed by atoms with Crippen molar-refractivity contribution in [3.8, 4) is 0 Å². The zero-order valence-electron chi connectivity index (χ0n) is 13.2. The number of aromatic amines is 1. The minimum atomic E-state index is -0.331. The van der Waals surface area contributed by atoms with Gasteiger partial charge in [0.15, 0.2) is 5.82 Å². The number of nitrogen functional groups attached to an aromatic ring is 1.